The summed E-state index contributed by atoms with van der Waals surface area (Å²) in [7, 11) is 0. The number of carbonyl (C=O) groups excluding carboxylic acids is 4. The number of nitrogens with zero attached hydrogens (tertiary/aromatic N) is 1. The highest BCUT2D eigenvalue weighted by molar-refractivity contribution is 6.22. The summed E-state index contributed by atoms with van der Waals surface area (Å²) in [5.41, 5.74) is 2.45. The molecule has 0 saturated heterocycles. The normalized spacial score (nSPS) is 13.4. The fourth-order valence-electron chi connectivity index (χ4n) is 3.97. The first-order chi connectivity index (χ1) is 16.5. The van der Waals surface area contributed by atoms with Crippen LogP contribution in [0.5, 0.6) is 0 Å². The van der Waals surface area contributed by atoms with Crippen LogP contribution in [0.2, 0.25) is 0 Å². The highest BCUT2D eigenvalue weighted by atomic mass is 16.2. The third kappa shape index (κ3) is 5.20. The Bertz CT molecular complexity index is 1160. The van der Waals surface area contributed by atoms with Crippen molar-refractivity contribution in [2.24, 2.45) is 0 Å². The zero-order valence-corrected chi connectivity index (χ0v) is 18.6. The van der Waals surface area contributed by atoms with Crippen LogP contribution in [0.15, 0.2) is 84.9 Å². The molecule has 7 nitrogen and oxygen atoms in total. The van der Waals surface area contributed by atoms with Gasteiger partial charge < -0.3 is 10.6 Å². The summed E-state index contributed by atoms with van der Waals surface area (Å²) < 4.78 is 0. The molecule has 2 N–H and O–H groups in total. The molecule has 0 aliphatic carbocycles. The monoisotopic (exact) mass is 455 g/mol. The molecule has 172 valence electrons. The molecular formula is C27H25N3O4. The van der Waals surface area contributed by atoms with E-state index in [0.717, 1.165) is 16.0 Å². The SMILES string of the molecule is O=C(CNC(=O)C(Cc1ccccc1)N1C(=O)c2ccccc2C1=O)NCCc1ccccc1. The van der Waals surface area contributed by atoms with E-state index in [1.54, 1.807) is 24.3 Å². The van der Waals surface area contributed by atoms with Crippen molar-refractivity contribution < 1.29 is 19.2 Å². The first kappa shape index (κ1) is 22.9. The minimum atomic E-state index is -1.08. The highest BCUT2D eigenvalue weighted by Gasteiger charge is 2.42. The van der Waals surface area contributed by atoms with Crippen LogP contribution in [0, 0.1) is 0 Å². The van der Waals surface area contributed by atoms with Gasteiger partial charge in [0.15, 0.2) is 0 Å². The Morgan fingerprint density at radius 2 is 1.24 bits per heavy atom. The van der Waals surface area contributed by atoms with E-state index in [9.17, 15) is 19.2 Å². The van der Waals surface area contributed by atoms with Crippen LogP contribution in [0.25, 0.3) is 0 Å². The molecule has 1 aliphatic heterocycles. The molecule has 7 heteroatoms. The molecule has 3 aromatic carbocycles. The first-order valence-electron chi connectivity index (χ1n) is 11.1. The van der Waals surface area contributed by atoms with Gasteiger partial charge in [-0.05, 0) is 29.7 Å². The van der Waals surface area contributed by atoms with Crippen molar-refractivity contribution in [3.05, 3.63) is 107 Å². The molecule has 0 bridgehead atoms. The maximum atomic E-state index is 13.1. The number of nitrogens with one attached hydrogen (secondary N) is 2. The van der Waals surface area contributed by atoms with Crippen molar-refractivity contribution >= 4 is 23.6 Å². The van der Waals surface area contributed by atoms with Crippen LogP contribution < -0.4 is 10.6 Å². The second-order valence-corrected chi connectivity index (χ2v) is 8.03. The highest BCUT2D eigenvalue weighted by Crippen LogP contribution is 2.26. The van der Waals surface area contributed by atoms with E-state index in [2.05, 4.69) is 10.6 Å². The molecular weight excluding hydrogens is 430 g/mol. The summed E-state index contributed by atoms with van der Waals surface area (Å²) in [6, 6.07) is 24.3. The number of imide groups is 1. The quantitative estimate of drug-likeness (QED) is 0.484. The number of amides is 4. The Balaban J connectivity index is 1.42. The van der Waals surface area contributed by atoms with Crippen LogP contribution in [0.3, 0.4) is 0 Å². The number of benzene rings is 3. The van der Waals surface area contributed by atoms with Gasteiger partial charge in [-0.25, -0.2) is 0 Å². The molecule has 0 saturated carbocycles. The fraction of sp³-hybridized carbons (Fsp3) is 0.185. The van der Waals surface area contributed by atoms with Gasteiger partial charge >= 0.3 is 0 Å². The fourth-order valence-corrected chi connectivity index (χ4v) is 3.97. The van der Waals surface area contributed by atoms with E-state index in [1.807, 2.05) is 60.7 Å². The Labute approximate surface area is 197 Å². The lowest BCUT2D eigenvalue weighted by atomic mass is 10.0. The van der Waals surface area contributed by atoms with Crippen molar-refractivity contribution in [3.8, 4) is 0 Å². The molecule has 34 heavy (non-hydrogen) atoms. The maximum Gasteiger partial charge on any atom is 0.262 e. The Morgan fingerprint density at radius 1 is 0.706 bits per heavy atom. The van der Waals surface area contributed by atoms with Crippen LogP contribution in [-0.4, -0.2) is 47.7 Å². The van der Waals surface area contributed by atoms with Crippen molar-refractivity contribution in [1.82, 2.24) is 15.5 Å². The predicted molar refractivity (Wildman–Crippen MR) is 127 cm³/mol. The van der Waals surface area contributed by atoms with Crippen molar-refractivity contribution in [3.63, 3.8) is 0 Å². The number of hydrogen-bond donors (Lipinski definition) is 2. The van der Waals surface area contributed by atoms with Gasteiger partial charge in [-0.15, -0.1) is 0 Å². The average Bonchev–Trinajstić information content (AvgIpc) is 3.12. The zero-order valence-electron chi connectivity index (χ0n) is 18.6. The van der Waals surface area contributed by atoms with Gasteiger partial charge in [-0.1, -0.05) is 72.8 Å². The summed E-state index contributed by atoms with van der Waals surface area (Å²) in [4.78, 5) is 52.4. The molecule has 1 heterocycles. The second-order valence-electron chi connectivity index (χ2n) is 8.03. The number of hydrogen-bond acceptors (Lipinski definition) is 4. The van der Waals surface area contributed by atoms with E-state index in [1.165, 1.54) is 0 Å². The molecule has 0 spiro atoms. The minimum absolute atomic E-state index is 0.147. The van der Waals surface area contributed by atoms with Gasteiger partial charge in [0, 0.05) is 13.0 Å². The molecule has 1 unspecified atom stereocenters. The lowest BCUT2D eigenvalue weighted by Gasteiger charge is -2.25. The predicted octanol–water partition coefficient (Wildman–Crippen LogP) is 2.37. The molecule has 0 aromatic heterocycles. The average molecular weight is 456 g/mol. The maximum absolute atomic E-state index is 13.1. The summed E-state index contributed by atoms with van der Waals surface area (Å²) in [6.07, 6.45) is 0.819. The van der Waals surface area contributed by atoms with Gasteiger partial charge in [0.25, 0.3) is 11.8 Å². The van der Waals surface area contributed by atoms with Crippen molar-refractivity contribution in [2.75, 3.05) is 13.1 Å². The van der Waals surface area contributed by atoms with E-state index in [-0.39, 0.29) is 30.0 Å². The lowest BCUT2D eigenvalue weighted by molar-refractivity contribution is -0.128. The lowest BCUT2D eigenvalue weighted by Crippen LogP contribution is -2.52. The van der Waals surface area contributed by atoms with Crippen LogP contribution >= 0.6 is 0 Å². The van der Waals surface area contributed by atoms with Gasteiger partial charge in [0.05, 0.1) is 17.7 Å². The van der Waals surface area contributed by atoms with E-state index in [0.29, 0.717) is 13.0 Å². The van der Waals surface area contributed by atoms with E-state index in [4.69, 9.17) is 0 Å². The van der Waals surface area contributed by atoms with Gasteiger partial charge in [-0.2, -0.15) is 0 Å². The number of carbonyl (C=O) groups is 4. The van der Waals surface area contributed by atoms with Crippen molar-refractivity contribution in [1.29, 1.82) is 0 Å². The van der Waals surface area contributed by atoms with Gasteiger partial charge in [-0.3, -0.25) is 24.1 Å². The molecule has 3 aromatic rings. The summed E-state index contributed by atoms with van der Waals surface area (Å²) in [6.45, 7) is 0.187. The summed E-state index contributed by atoms with van der Waals surface area (Å²) >= 11 is 0. The summed E-state index contributed by atoms with van der Waals surface area (Å²) in [5.74, 6) is -1.92. The molecule has 4 rings (SSSR count). The first-order valence-corrected chi connectivity index (χ1v) is 11.1. The standard InChI is InChI=1S/C27H25N3O4/c31-24(28-16-15-19-9-3-1-4-10-19)18-29-25(32)23(17-20-11-5-2-6-12-20)30-26(33)21-13-7-8-14-22(21)27(30)34/h1-14,23H,15-18H2,(H,28,31)(H,29,32). The smallest absolute Gasteiger partial charge is 0.262 e. The van der Waals surface area contributed by atoms with Gasteiger partial charge in [0.2, 0.25) is 11.8 Å². The number of rotatable bonds is 9. The topological polar surface area (TPSA) is 95.6 Å². The Kier molecular flexibility index (Phi) is 7.13. The Morgan fingerprint density at radius 3 is 1.82 bits per heavy atom. The molecule has 1 aliphatic rings. The van der Waals surface area contributed by atoms with Gasteiger partial charge in [0.1, 0.15) is 6.04 Å². The van der Waals surface area contributed by atoms with Crippen LogP contribution in [0.1, 0.15) is 31.8 Å². The third-order valence-corrected chi connectivity index (χ3v) is 5.71. The number of fused-ring (bicyclic) bond motifs is 1. The minimum Gasteiger partial charge on any atom is -0.354 e. The zero-order chi connectivity index (χ0) is 23.9. The molecule has 1 atom stereocenters. The van der Waals surface area contributed by atoms with Crippen LogP contribution in [0.4, 0.5) is 0 Å². The molecule has 4 amide bonds. The third-order valence-electron chi connectivity index (χ3n) is 5.71. The molecule has 0 fully saturated rings. The van der Waals surface area contributed by atoms with Crippen molar-refractivity contribution in [2.45, 2.75) is 18.9 Å². The molecule has 0 radical (unpaired) electrons. The van der Waals surface area contributed by atoms with E-state index < -0.39 is 23.8 Å². The summed E-state index contributed by atoms with van der Waals surface area (Å²) in [5, 5.41) is 5.37. The van der Waals surface area contributed by atoms with E-state index >= 15 is 0 Å². The van der Waals surface area contributed by atoms with Crippen LogP contribution in [-0.2, 0) is 22.4 Å². The Hall–Kier alpha value is -4.26. The second kappa shape index (κ2) is 10.6. The largest absolute Gasteiger partial charge is 0.354 e.